The summed E-state index contributed by atoms with van der Waals surface area (Å²) in [5.41, 5.74) is 1.42. The van der Waals surface area contributed by atoms with Gasteiger partial charge in [0.1, 0.15) is 0 Å². The van der Waals surface area contributed by atoms with Crippen molar-refractivity contribution in [1.82, 2.24) is 14.5 Å². The first-order valence-corrected chi connectivity index (χ1v) is 13.3. The zero-order valence-corrected chi connectivity index (χ0v) is 19.4. The fourth-order valence-corrected chi connectivity index (χ4v) is 6.65. The van der Waals surface area contributed by atoms with Gasteiger partial charge in [-0.3, -0.25) is 14.2 Å². The average Bonchev–Trinajstić information content (AvgIpc) is 3.16. The third-order valence-electron chi connectivity index (χ3n) is 5.63. The zero-order valence-electron chi connectivity index (χ0n) is 17.8. The maximum atomic E-state index is 13.3. The summed E-state index contributed by atoms with van der Waals surface area (Å²) in [6.07, 6.45) is 0.444. The molecule has 4 rings (SSSR count). The summed E-state index contributed by atoms with van der Waals surface area (Å²) in [5, 5.41) is 1.04. The molecule has 9 heteroatoms. The second-order valence-electron chi connectivity index (χ2n) is 7.81. The van der Waals surface area contributed by atoms with E-state index in [1.165, 1.54) is 11.8 Å². The minimum Gasteiger partial charge on any atom is -0.334 e. The molecule has 2 heterocycles. The van der Waals surface area contributed by atoms with Crippen molar-refractivity contribution >= 4 is 38.4 Å². The second-order valence-corrected chi connectivity index (χ2v) is 11.0. The first-order chi connectivity index (χ1) is 15.4. The lowest BCUT2D eigenvalue weighted by atomic mass is 10.1. The lowest BCUT2D eigenvalue weighted by Crippen LogP contribution is -2.41. The van der Waals surface area contributed by atoms with Gasteiger partial charge < -0.3 is 4.90 Å². The Morgan fingerprint density at radius 3 is 2.56 bits per heavy atom. The molecular weight excluding hydrogens is 446 g/mol. The van der Waals surface area contributed by atoms with Gasteiger partial charge >= 0.3 is 0 Å². The van der Waals surface area contributed by atoms with Gasteiger partial charge in [-0.05, 0) is 31.0 Å². The van der Waals surface area contributed by atoms with E-state index in [1.807, 2.05) is 43.3 Å². The van der Waals surface area contributed by atoms with Gasteiger partial charge in [-0.1, -0.05) is 54.2 Å². The third-order valence-corrected chi connectivity index (χ3v) is 8.34. The van der Waals surface area contributed by atoms with E-state index in [0.717, 1.165) is 5.56 Å². The molecule has 3 aromatic rings. The summed E-state index contributed by atoms with van der Waals surface area (Å²) in [7, 11) is -3.13. The Kier molecular flexibility index (Phi) is 6.66. The summed E-state index contributed by atoms with van der Waals surface area (Å²) in [6.45, 7) is 2.67. The van der Waals surface area contributed by atoms with Crippen LogP contribution in [-0.2, 0) is 27.7 Å². The van der Waals surface area contributed by atoms with Crippen molar-refractivity contribution in [3.8, 4) is 0 Å². The maximum Gasteiger partial charge on any atom is 0.262 e. The Hall–Kier alpha value is -2.65. The van der Waals surface area contributed by atoms with Crippen LogP contribution in [0, 0.1) is 0 Å². The van der Waals surface area contributed by atoms with Crippen LogP contribution >= 0.6 is 11.8 Å². The van der Waals surface area contributed by atoms with Crippen LogP contribution in [0.1, 0.15) is 18.9 Å². The number of amides is 1. The number of nitrogens with zero attached hydrogens (tertiary/aromatic N) is 3. The Morgan fingerprint density at radius 1 is 1.16 bits per heavy atom. The number of rotatable bonds is 7. The van der Waals surface area contributed by atoms with Gasteiger partial charge in [0, 0.05) is 19.1 Å². The van der Waals surface area contributed by atoms with E-state index in [-0.39, 0.29) is 34.8 Å². The summed E-state index contributed by atoms with van der Waals surface area (Å²) in [5.74, 6) is 0.00882. The number of benzene rings is 2. The van der Waals surface area contributed by atoms with Crippen molar-refractivity contribution < 1.29 is 13.2 Å². The van der Waals surface area contributed by atoms with Crippen molar-refractivity contribution in [2.24, 2.45) is 0 Å². The fourth-order valence-electron chi connectivity index (χ4n) is 3.97. The van der Waals surface area contributed by atoms with Gasteiger partial charge in [0.05, 0.1) is 28.2 Å². The second kappa shape index (κ2) is 9.46. The van der Waals surface area contributed by atoms with E-state index >= 15 is 0 Å². The van der Waals surface area contributed by atoms with Gasteiger partial charge in [0.15, 0.2) is 15.0 Å². The summed E-state index contributed by atoms with van der Waals surface area (Å²) >= 11 is 1.22. The highest BCUT2D eigenvalue weighted by Crippen LogP contribution is 2.23. The number of hydrogen-bond acceptors (Lipinski definition) is 6. The molecule has 7 nitrogen and oxygen atoms in total. The molecule has 0 saturated carbocycles. The number of carbonyl (C=O) groups is 1. The number of hydrogen-bond donors (Lipinski definition) is 0. The minimum absolute atomic E-state index is 0.00979. The number of carbonyl (C=O) groups excluding carboxylic acids is 1. The largest absolute Gasteiger partial charge is 0.334 e. The predicted octanol–water partition coefficient (Wildman–Crippen LogP) is 2.72. The van der Waals surface area contributed by atoms with Gasteiger partial charge in [-0.25, -0.2) is 13.4 Å². The predicted molar refractivity (Wildman–Crippen MR) is 126 cm³/mol. The van der Waals surface area contributed by atoms with Crippen LogP contribution in [-0.4, -0.2) is 52.1 Å². The van der Waals surface area contributed by atoms with Crippen LogP contribution in [0.2, 0.25) is 0 Å². The molecule has 0 spiro atoms. The average molecular weight is 472 g/mol. The molecule has 1 amide bonds. The number of fused-ring (bicyclic) bond motifs is 1. The lowest BCUT2D eigenvalue weighted by molar-refractivity contribution is -0.130. The first kappa shape index (κ1) is 22.5. The molecule has 2 aromatic carbocycles. The molecule has 1 atom stereocenters. The Labute approximate surface area is 191 Å². The fraction of sp³-hybridized carbons (Fsp3) is 0.348. The third kappa shape index (κ3) is 4.88. The number of para-hydroxylation sites is 1. The van der Waals surface area contributed by atoms with Crippen LogP contribution in [0.5, 0.6) is 0 Å². The number of aromatic nitrogens is 2. The van der Waals surface area contributed by atoms with E-state index in [1.54, 1.807) is 27.7 Å². The summed E-state index contributed by atoms with van der Waals surface area (Å²) in [4.78, 5) is 32.4. The SMILES string of the molecule is CCn1c(SCC(=O)N(Cc2ccccc2)[C@@H]2CCS(=O)(=O)C2)nc2ccccc2c1=O. The van der Waals surface area contributed by atoms with Crippen molar-refractivity contribution in [1.29, 1.82) is 0 Å². The smallest absolute Gasteiger partial charge is 0.262 e. The van der Waals surface area contributed by atoms with Crippen molar-refractivity contribution in [3.63, 3.8) is 0 Å². The molecule has 0 bridgehead atoms. The highest BCUT2D eigenvalue weighted by Gasteiger charge is 2.34. The summed E-state index contributed by atoms with van der Waals surface area (Å²) in [6, 6.07) is 16.4. The van der Waals surface area contributed by atoms with Crippen LogP contribution in [0.4, 0.5) is 0 Å². The molecule has 1 aromatic heterocycles. The van der Waals surface area contributed by atoms with Crippen LogP contribution in [0.3, 0.4) is 0 Å². The number of sulfone groups is 1. The Morgan fingerprint density at radius 2 is 1.88 bits per heavy atom. The van der Waals surface area contributed by atoms with Crippen molar-refractivity contribution in [2.75, 3.05) is 17.3 Å². The van der Waals surface area contributed by atoms with Crippen LogP contribution in [0.25, 0.3) is 10.9 Å². The lowest BCUT2D eigenvalue weighted by Gasteiger charge is -2.28. The Bertz CT molecular complexity index is 1290. The van der Waals surface area contributed by atoms with Gasteiger partial charge in [0.25, 0.3) is 5.56 Å². The molecule has 1 aliphatic heterocycles. The number of thioether (sulfide) groups is 1. The highest BCUT2D eigenvalue weighted by atomic mass is 32.2. The van der Waals surface area contributed by atoms with Gasteiger partial charge in [-0.2, -0.15) is 0 Å². The van der Waals surface area contributed by atoms with Gasteiger partial charge in [-0.15, -0.1) is 0 Å². The van der Waals surface area contributed by atoms with Gasteiger partial charge in [0.2, 0.25) is 5.91 Å². The molecule has 1 fully saturated rings. The van der Waals surface area contributed by atoms with Crippen LogP contribution < -0.4 is 5.56 Å². The molecular formula is C23H25N3O4S2. The molecule has 0 N–H and O–H groups in total. The molecule has 1 aliphatic rings. The van der Waals surface area contributed by atoms with E-state index < -0.39 is 9.84 Å². The molecule has 1 saturated heterocycles. The molecule has 0 radical (unpaired) electrons. The first-order valence-electron chi connectivity index (χ1n) is 10.5. The van der Waals surface area contributed by atoms with E-state index in [0.29, 0.717) is 35.6 Å². The van der Waals surface area contributed by atoms with Crippen molar-refractivity contribution in [3.05, 3.63) is 70.5 Å². The maximum absolute atomic E-state index is 13.3. The quantitative estimate of drug-likeness (QED) is 0.389. The molecule has 168 valence electrons. The standard InChI is InChI=1S/C23H25N3O4S2/c1-2-25-22(28)19-10-6-7-11-20(19)24-23(25)31-15-21(27)26(14-17-8-4-3-5-9-17)18-12-13-32(29,30)16-18/h3-11,18H,2,12-16H2,1H3/t18-/m1/s1. The minimum atomic E-state index is -3.13. The molecule has 32 heavy (non-hydrogen) atoms. The van der Waals surface area contributed by atoms with Crippen molar-refractivity contribution in [2.45, 2.75) is 37.6 Å². The monoisotopic (exact) mass is 471 g/mol. The zero-order chi connectivity index (χ0) is 22.7. The van der Waals surface area contributed by atoms with Crippen LogP contribution in [0.15, 0.2) is 64.5 Å². The Balaban J connectivity index is 1.58. The molecule has 0 aliphatic carbocycles. The van der Waals surface area contributed by atoms with E-state index in [4.69, 9.17) is 0 Å². The molecule has 0 unspecified atom stereocenters. The highest BCUT2D eigenvalue weighted by molar-refractivity contribution is 7.99. The summed E-state index contributed by atoms with van der Waals surface area (Å²) < 4.78 is 25.7. The topological polar surface area (TPSA) is 89.3 Å². The normalized spacial score (nSPS) is 17.5. The van der Waals surface area contributed by atoms with E-state index in [9.17, 15) is 18.0 Å². The van der Waals surface area contributed by atoms with E-state index in [2.05, 4.69) is 4.98 Å².